The number of carbonyl (C=O) groups excluding carboxylic acids is 1. The smallest absolute Gasteiger partial charge is 0.270 e. The molecule has 2 aliphatic heterocycles. The molecule has 1 amide bonds. The molecular formula is C18H20N2O3. The van der Waals surface area contributed by atoms with E-state index in [1.165, 1.54) is 0 Å². The lowest BCUT2D eigenvalue weighted by Gasteiger charge is -2.29. The first-order valence-electron chi connectivity index (χ1n) is 8.06. The van der Waals surface area contributed by atoms with E-state index in [0.29, 0.717) is 13.2 Å². The first-order valence-corrected chi connectivity index (χ1v) is 8.06. The minimum atomic E-state index is 0.0500. The molecule has 1 aromatic heterocycles. The Hall–Kier alpha value is -2.43. The predicted molar refractivity (Wildman–Crippen MR) is 85.9 cm³/mol. The first kappa shape index (κ1) is 14.2. The molecule has 23 heavy (non-hydrogen) atoms. The number of carbonyl (C=O) groups is 1. The maximum absolute atomic E-state index is 12.9. The van der Waals surface area contributed by atoms with Gasteiger partial charge in [-0.15, -0.1) is 0 Å². The van der Waals surface area contributed by atoms with Crippen LogP contribution in [0.1, 0.15) is 34.9 Å². The molecule has 0 spiro atoms. The normalized spacial score (nSPS) is 19.9. The maximum atomic E-state index is 12.9. The van der Waals surface area contributed by atoms with E-state index in [4.69, 9.17) is 9.47 Å². The van der Waals surface area contributed by atoms with Gasteiger partial charge in [-0.3, -0.25) is 4.79 Å². The molecule has 5 heteroatoms. The highest BCUT2D eigenvalue weighted by Crippen LogP contribution is 2.43. The lowest BCUT2D eigenvalue weighted by Crippen LogP contribution is -2.32. The van der Waals surface area contributed by atoms with E-state index in [1.54, 1.807) is 0 Å². The molecule has 1 fully saturated rings. The zero-order chi connectivity index (χ0) is 15.8. The number of hydrogen-bond donors (Lipinski definition) is 0. The number of ether oxygens (including phenoxy) is 2. The number of nitrogens with zero attached hydrogens (tertiary/aromatic N) is 2. The van der Waals surface area contributed by atoms with Gasteiger partial charge in [-0.05, 0) is 31.0 Å². The number of likely N-dealkylation sites (tertiary alicyclic amines) is 1. The lowest BCUT2D eigenvalue weighted by atomic mass is 10.0. The van der Waals surface area contributed by atoms with Gasteiger partial charge in [-0.25, -0.2) is 0 Å². The summed E-state index contributed by atoms with van der Waals surface area (Å²) in [5.74, 6) is 1.66. The highest BCUT2D eigenvalue weighted by Gasteiger charge is 2.34. The molecule has 1 atom stereocenters. The number of fused-ring (bicyclic) bond motifs is 1. The zero-order valence-corrected chi connectivity index (χ0v) is 13.2. The highest BCUT2D eigenvalue weighted by atomic mass is 16.6. The quantitative estimate of drug-likeness (QED) is 0.856. The van der Waals surface area contributed by atoms with E-state index in [2.05, 4.69) is 6.07 Å². The molecule has 3 heterocycles. The van der Waals surface area contributed by atoms with Crippen molar-refractivity contribution in [3.63, 3.8) is 0 Å². The Morgan fingerprint density at radius 1 is 1.17 bits per heavy atom. The lowest BCUT2D eigenvalue weighted by molar-refractivity contribution is 0.0721. The Bertz CT molecular complexity index is 738. The monoisotopic (exact) mass is 312 g/mol. The standard InChI is InChI=1S/C18H20N2O3/c1-19-9-3-7-15(19)18(21)20-10-4-6-14(20)13-5-2-8-16-17(13)23-12-11-22-16/h2-3,5,7-9,14H,4,6,10-12H2,1H3/t14-/m1/s1. The third-order valence-electron chi connectivity index (χ3n) is 4.63. The summed E-state index contributed by atoms with van der Waals surface area (Å²) < 4.78 is 13.4. The van der Waals surface area contributed by atoms with Crippen molar-refractivity contribution in [1.29, 1.82) is 0 Å². The Labute approximate surface area is 135 Å². The van der Waals surface area contributed by atoms with Crippen LogP contribution in [-0.4, -0.2) is 35.1 Å². The summed E-state index contributed by atoms with van der Waals surface area (Å²) in [6, 6.07) is 9.78. The fourth-order valence-corrected chi connectivity index (χ4v) is 3.52. The summed E-state index contributed by atoms with van der Waals surface area (Å²) in [6.45, 7) is 1.91. The van der Waals surface area contributed by atoms with Crippen LogP contribution in [-0.2, 0) is 7.05 Å². The Kier molecular flexibility index (Phi) is 3.48. The number of hydrogen-bond acceptors (Lipinski definition) is 3. The van der Waals surface area contributed by atoms with E-state index in [9.17, 15) is 4.79 Å². The van der Waals surface area contributed by atoms with Gasteiger partial charge in [-0.2, -0.15) is 0 Å². The van der Waals surface area contributed by atoms with Crippen molar-refractivity contribution in [3.05, 3.63) is 47.8 Å². The molecule has 120 valence electrons. The second-order valence-corrected chi connectivity index (χ2v) is 6.03. The summed E-state index contributed by atoms with van der Waals surface area (Å²) in [5, 5.41) is 0. The van der Waals surface area contributed by atoms with E-state index < -0.39 is 0 Å². The van der Waals surface area contributed by atoms with Crippen molar-refractivity contribution in [3.8, 4) is 11.5 Å². The number of benzene rings is 1. The van der Waals surface area contributed by atoms with Crippen molar-refractivity contribution in [1.82, 2.24) is 9.47 Å². The summed E-state index contributed by atoms with van der Waals surface area (Å²) in [6.07, 6.45) is 3.86. The molecule has 2 aromatic rings. The predicted octanol–water partition coefficient (Wildman–Crippen LogP) is 2.77. The van der Waals surface area contributed by atoms with Crippen molar-refractivity contribution in [2.24, 2.45) is 7.05 Å². The topological polar surface area (TPSA) is 43.7 Å². The van der Waals surface area contributed by atoms with E-state index in [-0.39, 0.29) is 11.9 Å². The van der Waals surface area contributed by atoms with Gasteiger partial charge in [-0.1, -0.05) is 12.1 Å². The summed E-state index contributed by atoms with van der Waals surface area (Å²) in [4.78, 5) is 14.9. The number of aryl methyl sites for hydroxylation is 1. The molecule has 2 aliphatic rings. The van der Waals surface area contributed by atoms with Gasteiger partial charge in [0.25, 0.3) is 5.91 Å². The number of amides is 1. The molecule has 0 radical (unpaired) electrons. The summed E-state index contributed by atoms with van der Waals surface area (Å²) in [5.41, 5.74) is 1.78. The van der Waals surface area contributed by atoms with Crippen molar-refractivity contribution >= 4 is 5.91 Å². The van der Waals surface area contributed by atoms with Crippen molar-refractivity contribution < 1.29 is 14.3 Å². The molecule has 0 bridgehead atoms. The second kappa shape index (κ2) is 5.65. The van der Waals surface area contributed by atoms with Gasteiger partial charge >= 0.3 is 0 Å². The van der Waals surface area contributed by atoms with E-state index in [1.807, 2.05) is 47.0 Å². The van der Waals surface area contributed by atoms with Crippen LogP contribution in [0.15, 0.2) is 36.5 Å². The number of para-hydroxylation sites is 1. The van der Waals surface area contributed by atoms with Crippen molar-refractivity contribution in [2.45, 2.75) is 18.9 Å². The fourth-order valence-electron chi connectivity index (χ4n) is 3.52. The van der Waals surface area contributed by atoms with Crippen LogP contribution in [0, 0.1) is 0 Å². The third-order valence-corrected chi connectivity index (χ3v) is 4.63. The summed E-state index contributed by atoms with van der Waals surface area (Å²) >= 11 is 0. The zero-order valence-electron chi connectivity index (χ0n) is 13.2. The minimum Gasteiger partial charge on any atom is -0.486 e. The van der Waals surface area contributed by atoms with E-state index in [0.717, 1.165) is 42.1 Å². The number of aromatic nitrogens is 1. The molecule has 0 aliphatic carbocycles. The van der Waals surface area contributed by atoms with Gasteiger partial charge in [0.15, 0.2) is 11.5 Å². The van der Waals surface area contributed by atoms with Gasteiger partial charge in [0.1, 0.15) is 18.9 Å². The molecule has 0 N–H and O–H groups in total. The summed E-state index contributed by atoms with van der Waals surface area (Å²) in [7, 11) is 1.90. The van der Waals surface area contributed by atoms with E-state index >= 15 is 0 Å². The Balaban J connectivity index is 1.69. The molecule has 0 saturated carbocycles. The first-order chi connectivity index (χ1) is 11.3. The largest absolute Gasteiger partial charge is 0.486 e. The van der Waals surface area contributed by atoms with Gasteiger partial charge in [0, 0.05) is 25.4 Å². The van der Waals surface area contributed by atoms with Crippen LogP contribution >= 0.6 is 0 Å². The number of rotatable bonds is 2. The minimum absolute atomic E-state index is 0.0500. The van der Waals surface area contributed by atoms with Gasteiger partial charge < -0.3 is 18.9 Å². The van der Waals surface area contributed by atoms with Gasteiger partial charge in [0.2, 0.25) is 0 Å². The Morgan fingerprint density at radius 3 is 2.87 bits per heavy atom. The maximum Gasteiger partial charge on any atom is 0.270 e. The molecular weight excluding hydrogens is 292 g/mol. The van der Waals surface area contributed by atoms with Crippen molar-refractivity contribution in [2.75, 3.05) is 19.8 Å². The average Bonchev–Trinajstić information content (AvgIpc) is 3.22. The van der Waals surface area contributed by atoms with Crippen LogP contribution in [0.3, 0.4) is 0 Å². The van der Waals surface area contributed by atoms with Crippen LogP contribution in [0.2, 0.25) is 0 Å². The van der Waals surface area contributed by atoms with Crippen LogP contribution in [0.5, 0.6) is 11.5 Å². The van der Waals surface area contributed by atoms with Crippen LogP contribution in [0.25, 0.3) is 0 Å². The Morgan fingerprint density at radius 2 is 2.04 bits per heavy atom. The fraction of sp³-hybridized carbons (Fsp3) is 0.389. The molecule has 1 saturated heterocycles. The van der Waals surface area contributed by atoms with Crippen LogP contribution in [0.4, 0.5) is 0 Å². The van der Waals surface area contributed by atoms with Crippen LogP contribution < -0.4 is 9.47 Å². The second-order valence-electron chi connectivity index (χ2n) is 6.03. The molecule has 0 unspecified atom stereocenters. The molecule has 4 rings (SSSR count). The molecule has 5 nitrogen and oxygen atoms in total. The highest BCUT2D eigenvalue weighted by molar-refractivity contribution is 5.93. The molecule has 1 aromatic carbocycles. The van der Waals surface area contributed by atoms with Gasteiger partial charge in [0.05, 0.1) is 6.04 Å². The average molecular weight is 312 g/mol. The SMILES string of the molecule is Cn1cccc1C(=O)N1CCC[C@@H]1c1cccc2c1OCCO2. The third kappa shape index (κ3) is 2.36.